The van der Waals surface area contributed by atoms with Crippen LogP contribution < -0.4 is 9.47 Å². The molecule has 0 N–H and O–H groups in total. The Labute approximate surface area is 105 Å². The largest absolute Gasteiger partial charge is 0.497 e. The Hall–Kier alpha value is -2.04. The monoisotopic (exact) mass is 250 g/mol. The molecule has 1 aromatic carbocycles. The number of esters is 2. The van der Waals surface area contributed by atoms with Gasteiger partial charge in [-0.25, -0.2) is 0 Å². The van der Waals surface area contributed by atoms with Crippen LogP contribution in [0.5, 0.6) is 11.5 Å². The van der Waals surface area contributed by atoms with Gasteiger partial charge in [0.25, 0.3) is 0 Å². The number of carbonyl (C=O) groups is 2. The van der Waals surface area contributed by atoms with E-state index in [4.69, 9.17) is 9.47 Å². The minimum atomic E-state index is -0.512. The lowest BCUT2D eigenvalue weighted by Crippen LogP contribution is -2.26. The predicted molar refractivity (Wildman–Crippen MR) is 62.6 cm³/mol. The second-order valence-corrected chi connectivity index (χ2v) is 4.03. The van der Waals surface area contributed by atoms with Crippen molar-refractivity contribution in [1.82, 2.24) is 0 Å². The summed E-state index contributed by atoms with van der Waals surface area (Å²) in [5.41, 5.74) is 0.740. The number of hydrogen-bond donors (Lipinski definition) is 0. The Kier molecular flexibility index (Phi) is 3.50. The number of rotatable bonds is 3. The Morgan fingerprint density at radius 2 is 1.72 bits per heavy atom. The third kappa shape index (κ3) is 2.45. The van der Waals surface area contributed by atoms with Gasteiger partial charge in [0.1, 0.15) is 11.5 Å². The van der Waals surface area contributed by atoms with Crippen molar-refractivity contribution in [3.8, 4) is 11.5 Å². The first-order chi connectivity index (χ1) is 8.63. The summed E-state index contributed by atoms with van der Waals surface area (Å²) in [6.45, 7) is 0. The molecule has 5 heteroatoms. The molecule has 1 unspecified atom stereocenters. The van der Waals surface area contributed by atoms with Crippen LogP contribution in [0.1, 0.15) is 24.3 Å². The summed E-state index contributed by atoms with van der Waals surface area (Å²) < 4.78 is 14.9. The Morgan fingerprint density at radius 1 is 1.11 bits per heavy atom. The zero-order valence-corrected chi connectivity index (χ0v) is 10.3. The molecule has 1 atom stereocenters. The zero-order chi connectivity index (χ0) is 13.1. The van der Waals surface area contributed by atoms with Gasteiger partial charge in [-0.05, 0) is 24.1 Å². The first-order valence-electron chi connectivity index (χ1n) is 5.61. The third-order valence-corrected chi connectivity index (χ3v) is 2.91. The SMILES string of the molecule is COc1cc(OC)cc(C2CCC(=O)OC2=O)c1. The summed E-state index contributed by atoms with van der Waals surface area (Å²) >= 11 is 0. The molecule has 1 aromatic rings. The number of benzene rings is 1. The van der Waals surface area contributed by atoms with E-state index < -0.39 is 17.9 Å². The summed E-state index contributed by atoms with van der Waals surface area (Å²) in [7, 11) is 3.09. The van der Waals surface area contributed by atoms with E-state index in [1.54, 1.807) is 32.4 Å². The molecule has 5 nitrogen and oxygen atoms in total. The molecular formula is C13H14O5. The fourth-order valence-corrected chi connectivity index (χ4v) is 1.95. The highest BCUT2D eigenvalue weighted by molar-refractivity contribution is 5.92. The first-order valence-corrected chi connectivity index (χ1v) is 5.61. The molecule has 0 saturated carbocycles. The highest BCUT2D eigenvalue weighted by Crippen LogP contribution is 2.32. The van der Waals surface area contributed by atoms with E-state index >= 15 is 0 Å². The maximum absolute atomic E-state index is 11.7. The summed E-state index contributed by atoms with van der Waals surface area (Å²) in [5.74, 6) is -0.206. The minimum Gasteiger partial charge on any atom is -0.497 e. The molecule has 0 aromatic heterocycles. The van der Waals surface area contributed by atoms with Crippen molar-refractivity contribution < 1.29 is 23.8 Å². The van der Waals surface area contributed by atoms with Crippen LogP contribution in [-0.4, -0.2) is 26.2 Å². The van der Waals surface area contributed by atoms with E-state index in [9.17, 15) is 9.59 Å². The van der Waals surface area contributed by atoms with E-state index in [2.05, 4.69) is 4.74 Å². The summed E-state index contributed by atoms with van der Waals surface area (Å²) in [4.78, 5) is 22.7. The number of hydrogen-bond acceptors (Lipinski definition) is 5. The molecule has 1 aliphatic rings. The van der Waals surface area contributed by atoms with E-state index in [-0.39, 0.29) is 6.42 Å². The number of cyclic esters (lactones) is 2. The van der Waals surface area contributed by atoms with Crippen molar-refractivity contribution >= 4 is 11.9 Å². The summed E-state index contributed by atoms with van der Waals surface area (Å²) in [6, 6.07) is 5.23. The first kappa shape index (κ1) is 12.4. The van der Waals surface area contributed by atoms with Gasteiger partial charge in [0.2, 0.25) is 0 Å². The lowest BCUT2D eigenvalue weighted by atomic mass is 9.92. The Morgan fingerprint density at radius 3 is 2.22 bits per heavy atom. The van der Waals surface area contributed by atoms with Gasteiger partial charge in [-0.1, -0.05) is 0 Å². The van der Waals surface area contributed by atoms with Crippen LogP contribution in [0, 0.1) is 0 Å². The maximum Gasteiger partial charge on any atom is 0.321 e. The molecule has 0 spiro atoms. The number of carbonyl (C=O) groups excluding carboxylic acids is 2. The molecule has 1 saturated heterocycles. The quantitative estimate of drug-likeness (QED) is 0.603. The average Bonchev–Trinajstić information content (AvgIpc) is 2.38. The molecule has 18 heavy (non-hydrogen) atoms. The highest BCUT2D eigenvalue weighted by Gasteiger charge is 2.30. The summed E-state index contributed by atoms with van der Waals surface area (Å²) in [6.07, 6.45) is 0.698. The number of methoxy groups -OCH3 is 2. The third-order valence-electron chi connectivity index (χ3n) is 2.91. The van der Waals surface area contributed by atoms with Crippen LogP contribution in [0.4, 0.5) is 0 Å². The van der Waals surface area contributed by atoms with Gasteiger partial charge in [0.05, 0.1) is 20.1 Å². The standard InChI is InChI=1S/C13H14O5/c1-16-9-5-8(6-10(7-9)17-2)11-3-4-12(14)18-13(11)15/h5-7,11H,3-4H2,1-2H3. The van der Waals surface area contributed by atoms with Crippen LogP contribution in [0.15, 0.2) is 18.2 Å². The smallest absolute Gasteiger partial charge is 0.321 e. The second-order valence-electron chi connectivity index (χ2n) is 4.03. The van der Waals surface area contributed by atoms with Crippen molar-refractivity contribution in [1.29, 1.82) is 0 Å². The molecule has 2 rings (SSSR count). The van der Waals surface area contributed by atoms with Gasteiger partial charge in [0, 0.05) is 12.5 Å². The van der Waals surface area contributed by atoms with Gasteiger partial charge < -0.3 is 14.2 Å². The normalized spacial score (nSPS) is 19.3. The van der Waals surface area contributed by atoms with Gasteiger partial charge in [0.15, 0.2) is 0 Å². The minimum absolute atomic E-state index is 0.246. The fourth-order valence-electron chi connectivity index (χ4n) is 1.95. The van der Waals surface area contributed by atoms with E-state index in [1.807, 2.05) is 0 Å². The van der Waals surface area contributed by atoms with Gasteiger partial charge >= 0.3 is 11.9 Å². The molecule has 1 fully saturated rings. The Balaban J connectivity index is 2.32. The van der Waals surface area contributed by atoms with Crippen molar-refractivity contribution in [2.24, 2.45) is 0 Å². The lowest BCUT2D eigenvalue weighted by Gasteiger charge is -2.20. The molecule has 96 valence electrons. The zero-order valence-electron chi connectivity index (χ0n) is 10.3. The molecule has 0 radical (unpaired) electrons. The van der Waals surface area contributed by atoms with Crippen LogP contribution in [0.25, 0.3) is 0 Å². The topological polar surface area (TPSA) is 61.8 Å². The molecule has 0 aliphatic carbocycles. The van der Waals surface area contributed by atoms with Crippen molar-refractivity contribution in [3.05, 3.63) is 23.8 Å². The van der Waals surface area contributed by atoms with Gasteiger partial charge in [-0.2, -0.15) is 0 Å². The molecule has 0 amide bonds. The van der Waals surface area contributed by atoms with Crippen LogP contribution >= 0.6 is 0 Å². The lowest BCUT2D eigenvalue weighted by molar-refractivity contribution is -0.164. The van der Waals surface area contributed by atoms with Crippen LogP contribution in [-0.2, 0) is 14.3 Å². The fraction of sp³-hybridized carbons (Fsp3) is 0.385. The Bertz CT molecular complexity index is 458. The summed E-state index contributed by atoms with van der Waals surface area (Å²) in [5, 5.41) is 0. The van der Waals surface area contributed by atoms with Gasteiger partial charge in [-0.3, -0.25) is 9.59 Å². The highest BCUT2D eigenvalue weighted by atomic mass is 16.6. The molecule has 0 bridgehead atoms. The van der Waals surface area contributed by atoms with E-state index in [0.717, 1.165) is 5.56 Å². The van der Waals surface area contributed by atoms with Crippen molar-refractivity contribution in [2.45, 2.75) is 18.8 Å². The van der Waals surface area contributed by atoms with E-state index in [0.29, 0.717) is 17.9 Å². The van der Waals surface area contributed by atoms with Crippen molar-refractivity contribution in [2.75, 3.05) is 14.2 Å². The van der Waals surface area contributed by atoms with Crippen LogP contribution in [0.2, 0.25) is 0 Å². The maximum atomic E-state index is 11.7. The number of ether oxygens (including phenoxy) is 3. The van der Waals surface area contributed by atoms with Gasteiger partial charge in [-0.15, -0.1) is 0 Å². The molecule has 1 heterocycles. The van der Waals surface area contributed by atoms with E-state index in [1.165, 1.54) is 0 Å². The molecule has 1 aliphatic heterocycles. The van der Waals surface area contributed by atoms with Crippen molar-refractivity contribution in [3.63, 3.8) is 0 Å². The second kappa shape index (κ2) is 5.08. The molecular weight excluding hydrogens is 236 g/mol. The average molecular weight is 250 g/mol. The predicted octanol–water partition coefficient (Wildman–Crippen LogP) is 1.65. The van der Waals surface area contributed by atoms with Crippen LogP contribution in [0.3, 0.4) is 0 Å².